The summed E-state index contributed by atoms with van der Waals surface area (Å²) in [7, 11) is 0. The van der Waals surface area contributed by atoms with Crippen LogP contribution >= 0.6 is 0 Å². The highest BCUT2D eigenvalue weighted by molar-refractivity contribution is 6.52. The molecule has 5 aliphatic rings. The molecule has 10 heteroatoms. The second-order valence-corrected chi connectivity index (χ2v) is 17.1. The molecule has 0 fully saturated rings. The highest BCUT2D eigenvalue weighted by Crippen LogP contribution is 2.45. The highest BCUT2D eigenvalue weighted by Gasteiger charge is 2.40. The maximum Gasteiger partial charge on any atom is 0.231 e. The van der Waals surface area contributed by atoms with Gasteiger partial charge in [-0.25, -0.2) is 9.98 Å². The lowest BCUT2D eigenvalue weighted by atomic mass is 9.79. The molecule has 11 rings (SSSR count). The average molecular weight is 806 g/mol. The summed E-state index contributed by atoms with van der Waals surface area (Å²) in [5, 5.41) is 43.8. The van der Waals surface area contributed by atoms with Gasteiger partial charge in [0.1, 0.15) is 0 Å². The van der Waals surface area contributed by atoms with E-state index >= 15 is 0 Å². The molecule has 61 heavy (non-hydrogen) atoms. The first-order valence-corrected chi connectivity index (χ1v) is 21.1. The van der Waals surface area contributed by atoms with Crippen molar-refractivity contribution in [1.29, 1.82) is 0 Å². The maximum absolute atomic E-state index is 14.4. The minimum Gasteiger partial charge on any atom is -0.871 e. The number of nitrogens with one attached hydrogen (secondary N) is 4. The van der Waals surface area contributed by atoms with Crippen LogP contribution in [0, 0.1) is 0 Å². The molecule has 0 aromatic heterocycles. The Morgan fingerprint density at radius 2 is 1.33 bits per heavy atom. The van der Waals surface area contributed by atoms with E-state index in [2.05, 4.69) is 47.5 Å². The van der Waals surface area contributed by atoms with Crippen molar-refractivity contribution in [2.75, 3.05) is 22.1 Å². The summed E-state index contributed by atoms with van der Waals surface area (Å²) in [4.78, 5) is 37.9. The normalized spacial score (nSPS) is 23.7. The first-order valence-electron chi connectivity index (χ1n) is 21.1. The van der Waals surface area contributed by atoms with Crippen LogP contribution in [-0.2, 0) is 9.59 Å². The third-order valence-corrected chi connectivity index (χ3v) is 13.3. The van der Waals surface area contributed by atoms with Gasteiger partial charge in [0.05, 0.1) is 38.3 Å². The Morgan fingerprint density at radius 3 is 2.03 bits per heavy atom. The van der Waals surface area contributed by atoms with Gasteiger partial charge >= 0.3 is 0 Å². The fraction of sp³-hybridized carbons (Fsp3) is 0.216. The van der Waals surface area contributed by atoms with Crippen LogP contribution in [0.5, 0.6) is 5.75 Å². The Bertz CT molecular complexity index is 3440. The Morgan fingerprint density at radius 1 is 0.689 bits per heavy atom. The van der Waals surface area contributed by atoms with Crippen LogP contribution in [0.25, 0.3) is 49.0 Å². The zero-order chi connectivity index (χ0) is 42.1. The number of allylic oxidation sites excluding steroid dienone is 5. The molecule has 0 spiro atoms. The van der Waals surface area contributed by atoms with Crippen molar-refractivity contribution in [3.63, 3.8) is 0 Å². The molecule has 6 aromatic carbocycles. The maximum atomic E-state index is 14.4. The molecule has 0 amide bonds. The van der Waals surface area contributed by atoms with Gasteiger partial charge in [-0.2, -0.15) is 0 Å². The fourth-order valence-corrected chi connectivity index (χ4v) is 9.64. The largest absolute Gasteiger partial charge is 0.871 e. The summed E-state index contributed by atoms with van der Waals surface area (Å²) in [6.45, 7) is 10.9. The Labute approximate surface area is 350 Å². The molecule has 2 aliphatic carbocycles. The number of Topliss-reactive ketones (excluding diaryl/α,β-unsaturated/α-hetero) is 2. The molecule has 3 aliphatic heterocycles. The van der Waals surface area contributed by atoms with Gasteiger partial charge in [-0.3, -0.25) is 9.59 Å². The molecule has 10 nitrogen and oxygen atoms in total. The summed E-state index contributed by atoms with van der Waals surface area (Å²) in [6, 6.07) is 29.3. The smallest absolute Gasteiger partial charge is 0.231 e. The number of ether oxygens (including phenoxy) is 1. The van der Waals surface area contributed by atoms with Crippen molar-refractivity contribution in [1.82, 2.24) is 0 Å². The molecule has 0 bridgehead atoms. The van der Waals surface area contributed by atoms with E-state index in [0.29, 0.717) is 57.0 Å². The number of ketones is 2. The molecule has 0 saturated carbocycles. The molecule has 3 heterocycles. The van der Waals surface area contributed by atoms with Gasteiger partial charge in [0, 0.05) is 72.6 Å². The van der Waals surface area contributed by atoms with Crippen molar-refractivity contribution in [2.24, 2.45) is 0 Å². The SMILES string of the molecule is CCCN1/C(=C/C2=C([O-])C(=c3\ccc4ccc(C5=C([O-])/C(=c6\ccc7cccc8c7c6=[NH+]C(C)(CC)N8)C5=O)c5c4c3=[NH+]C(C)(CC)N5)/C2=O)Oc2c1ccc1ccccc21. The number of fused-ring (bicyclic) bond motifs is 3. The number of nitrogens with zero attached hydrogens (tertiary/aromatic N) is 1. The highest BCUT2D eigenvalue weighted by atomic mass is 16.5. The second-order valence-electron chi connectivity index (χ2n) is 17.1. The van der Waals surface area contributed by atoms with E-state index in [1.807, 2.05) is 104 Å². The van der Waals surface area contributed by atoms with E-state index in [1.165, 1.54) is 0 Å². The van der Waals surface area contributed by atoms with Crippen LogP contribution in [0.15, 0.2) is 120 Å². The quantitative estimate of drug-likeness (QED) is 0.199. The lowest BCUT2D eigenvalue weighted by molar-refractivity contribution is -0.580. The van der Waals surface area contributed by atoms with Gasteiger partial charge in [-0.1, -0.05) is 99.0 Å². The van der Waals surface area contributed by atoms with Gasteiger partial charge in [-0.05, 0) is 46.8 Å². The zero-order valence-electron chi connectivity index (χ0n) is 34.6. The van der Waals surface area contributed by atoms with Gasteiger partial charge in [-0.15, -0.1) is 0 Å². The predicted octanol–water partition coefficient (Wildman–Crippen LogP) is 1.65. The lowest BCUT2D eigenvalue weighted by Gasteiger charge is -2.34. The number of rotatable bonds is 6. The Hall–Kier alpha value is -7.20. The molecule has 2 atom stereocenters. The van der Waals surface area contributed by atoms with Crippen molar-refractivity contribution in [2.45, 2.75) is 65.2 Å². The topological polar surface area (TPSA) is 145 Å². The van der Waals surface area contributed by atoms with Crippen LogP contribution < -0.4 is 61.6 Å². The molecular weight excluding hydrogens is 763 g/mol. The summed E-state index contributed by atoms with van der Waals surface area (Å²) in [5.74, 6) is -0.228. The lowest BCUT2D eigenvalue weighted by Crippen LogP contribution is -2.94. The third kappa shape index (κ3) is 5.14. The number of hydrogen-bond acceptors (Lipinski definition) is 8. The zero-order valence-corrected chi connectivity index (χ0v) is 34.6. The molecule has 0 saturated heterocycles. The first kappa shape index (κ1) is 36.8. The summed E-state index contributed by atoms with van der Waals surface area (Å²) in [5.41, 5.74) is 2.14. The van der Waals surface area contributed by atoms with Crippen molar-refractivity contribution < 1.29 is 34.5 Å². The number of hydrogen-bond donors (Lipinski definition) is 4. The number of carbonyl (C=O) groups excluding carboxylic acids is 2. The van der Waals surface area contributed by atoms with Crippen molar-refractivity contribution in [3.05, 3.63) is 147 Å². The standard InChI is InChI=1S/C51H43N5O5/c1-6-24-56-35-23-19-26-12-9-10-14-29(26)49(35)61-36(56)25-33-45(57)39(46(33)58)30-21-17-28-18-22-32(44-38(28)43(30)54-51(5,8-3)55-44)41-47(59)40(48(41)60)31-20-16-27-13-11-15-34-37(27)42(31)53-50(4,7-2)52-34/h9-23,25,52,55,57,59H,6-8,24H2,1-5H3/b36-25-,39-30-,40-31-. The number of carbonyl (C=O) groups is 2. The van der Waals surface area contributed by atoms with Gasteiger partial charge in [0.15, 0.2) is 17.3 Å². The van der Waals surface area contributed by atoms with E-state index < -0.39 is 11.3 Å². The van der Waals surface area contributed by atoms with Crippen LogP contribution in [-0.4, -0.2) is 29.4 Å². The van der Waals surface area contributed by atoms with E-state index in [-0.39, 0.29) is 45.4 Å². The number of anilines is 3. The predicted molar refractivity (Wildman–Crippen MR) is 232 cm³/mol. The van der Waals surface area contributed by atoms with Gasteiger partial charge < -0.3 is 30.5 Å². The molecule has 302 valence electrons. The fourth-order valence-electron chi connectivity index (χ4n) is 9.64. The summed E-state index contributed by atoms with van der Waals surface area (Å²) >= 11 is 0. The van der Waals surface area contributed by atoms with Crippen molar-refractivity contribution in [3.8, 4) is 5.75 Å². The van der Waals surface area contributed by atoms with Crippen LogP contribution in [0.2, 0.25) is 0 Å². The average Bonchev–Trinajstić information content (AvgIpc) is 3.62. The first-order chi connectivity index (χ1) is 29.5. The van der Waals surface area contributed by atoms with Gasteiger partial charge in [0.25, 0.3) is 0 Å². The van der Waals surface area contributed by atoms with E-state index in [0.717, 1.165) is 56.5 Å². The van der Waals surface area contributed by atoms with Crippen molar-refractivity contribution >= 4 is 77.7 Å². The van der Waals surface area contributed by atoms with E-state index in [4.69, 9.17) is 4.74 Å². The summed E-state index contributed by atoms with van der Waals surface area (Å²) < 4.78 is 6.42. The molecule has 6 aromatic rings. The van der Waals surface area contributed by atoms with Crippen LogP contribution in [0.3, 0.4) is 0 Å². The van der Waals surface area contributed by atoms with Crippen LogP contribution in [0.4, 0.5) is 17.1 Å². The minimum absolute atomic E-state index is 0.0605. The molecular formula is C51H43N5O5. The van der Waals surface area contributed by atoms with Crippen LogP contribution in [0.1, 0.15) is 59.4 Å². The monoisotopic (exact) mass is 805 g/mol. The Kier molecular flexibility index (Phi) is 7.79. The molecule has 2 unspecified atom stereocenters. The van der Waals surface area contributed by atoms with E-state index in [9.17, 15) is 19.8 Å². The summed E-state index contributed by atoms with van der Waals surface area (Å²) in [6.07, 6.45) is 3.77. The third-order valence-electron chi connectivity index (χ3n) is 13.3. The van der Waals surface area contributed by atoms with Gasteiger partial charge in [0.2, 0.25) is 27.9 Å². The van der Waals surface area contributed by atoms with E-state index in [1.54, 1.807) is 6.08 Å². The minimum atomic E-state index is -0.743. The molecule has 4 N–H and O–H groups in total. The molecule has 0 radical (unpaired) electrons. The Balaban J connectivity index is 1.08. The second kappa shape index (κ2) is 12.9. The number of benzene rings is 6.